The molecule has 4 unspecified atom stereocenters. The van der Waals surface area contributed by atoms with Crippen molar-refractivity contribution in [2.24, 2.45) is 11.8 Å². The molecule has 1 fully saturated rings. The first-order chi connectivity index (χ1) is 25.8. The number of carbonyl (C=O) groups excluding carboxylic acids is 2. The standard InChI is InChI=1S/C46H81NO6/c1-7-12-23-30-41(6)37-44(48)50-35-28-21-17-15-19-26-33-46(52-40-43(53-46)39-47(10-4)11-5)34-27-20-16-18-22-29-36-51-45(49)38-42(31-24-13-8-2)32-25-14-9-3/h31,41-43H,2,7,9-12,14-23,25-30,32-40H2,1,3-6H3. The van der Waals surface area contributed by atoms with Gasteiger partial charge in [-0.25, -0.2) is 0 Å². The highest BCUT2D eigenvalue weighted by Gasteiger charge is 2.40. The van der Waals surface area contributed by atoms with Crippen molar-refractivity contribution >= 4 is 11.9 Å². The maximum absolute atomic E-state index is 12.4. The van der Waals surface area contributed by atoms with Gasteiger partial charge in [0.1, 0.15) is 0 Å². The van der Waals surface area contributed by atoms with Gasteiger partial charge in [-0.15, -0.1) is 0 Å². The second-order valence-corrected chi connectivity index (χ2v) is 15.5. The number of esters is 2. The van der Waals surface area contributed by atoms with E-state index in [0.29, 0.717) is 38.6 Å². The summed E-state index contributed by atoms with van der Waals surface area (Å²) in [6.07, 6.45) is 27.4. The van der Waals surface area contributed by atoms with Gasteiger partial charge in [-0.2, -0.15) is 0 Å². The summed E-state index contributed by atoms with van der Waals surface area (Å²) in [6, 6.07) is 0. The fourth-order valence-corrected chi connectivity index (χ4v) is 7.22. The molecule has 7 nitrogen and oxygen atoms in total. The molecule has 0 saturated carbocycles. The number of carbonyl (C=O) groups is 2. The Morgan fingerprint density at radius 2 is 1.28 bits per heavy atom. The van der Waals surface area contributed by atoms with Crippen LogP contribution in [0, 0.1) is 11.8 Å². The average molecular weight is 744 g/mol. The van der Waals surface area contributed by atoms with E-state index in [-0.39, 0.29) is 24.0 Å². The third kappa shape index (κ3) is 26.4. The average Bonchev–Trinajstić information content (AvgIpc) is 3.54. The Balaban J connectivity index is 2.32. The lowest BCUT2D eigenvalue weighted by molar-refractivity contribution is -0.180. The summed E-state index contributed by atoms with van der Waals surface area (Å²) in [6.45, 7) is 19.2. The number of hydrogen-bond acceptors (Lipinski definition) is 7. The van der Waals surface area contributed by atoms with Gasteiger partial charge in [0.2, 0.25) is 0 Å². The number of hydrogen-bond donors (Lipinski definition) is 0. The molecular weight excluding hydrogens is 663 g/mol. The summed E-state index contributed by atoms with van der Waals surface area (Å²) in [7, 11) is 0. The van der Waals surface area contributed by atoms with Crippen LogP contribution in [0.2, 0.25) is 0 Å². The van der Waals surface area contributed by atoms with E-state index >= 15 is 0 Å². The minimum Gasteiger partial charge on any atom is -0.466 e. The van der Waals surface area contributed by atoms with Crippen LogP contribution in [0.3, 0.4) is 0 Å². The van der Waals surface area contributed by atoms with Gasteiger partial charge in [0.15, 0.2) is 5.79 Å². The molecule has 1 saturated heterocycles. The van der Waals surface area contributed by atoms with Crippen LogP contribution >= 0.6 is 0 Å². The summed E-state index contributed by atoms with van der Waals surface area (Å²) in [5.41, 5.74) is 8.27. The molecule has 1 rings (SSSR count). The van der Waals surface area contributed by atoms with Crippen LogP contribution in [0.25, 0.3) is 0 Å². The Kier molecular flexibility index (Phi) is 30.7. The van der Waals surface area contributed by atoms with Gasteiger partial charge in [-0.05, 0) is 75.4 Å². The van der Waals surface area contributed by atoms with E-state index in [1.807, 2.05) is 6.08 Å². The zero-order valence-electron chi connectivity index (χ0n) is 35.1. The minimum absolute atomic E-state index is 0.0320. The maximum Gasteiger partial charge on any atom is 0.306 e. The molecule has 1 aliphatic heterocycles. The molecule has 0 spiro atoms. The molecule has 0 amide bonds. The number of unbranched alkanes of at least 4 members (excludes halogenated alkanes) is 14. The zero-order valence-corrected chi connectivity index (χ0v) is 35.1. The molecule has 1 heterocycles. The van der Waals surface area contributed by atoms with E-state index in [1.165, 1.54) is 51.4 Å². The largest absolute Gasteiger partial charge is 0.466 e. The number of rotatable bonds is 35. The second kappa shape index (κ2) is 33.3. The van der Waals surface area contributed by atoms with E-state index < -0.39 is 5.79 Å². The predicted octanol–water partition coefficient (Wildman–Crippen LogP) is 11.8. The van der Waals surface area contributed by atoms with Crippen LogP contribution in [-0.2, 0) is 28.5 Å². The van der Waals surface area contributed by atoms with E-state index in [9.17, 15) is 9.59 Å². The smallest absolute Gasteiger partial charge is 0.306 e. The Morgan fingerprint density at radius 3 is 1.83 bits per heavy atom. The lowest BCUT2D eigenvalue weighted by atomic mass is 9.98. The van der Waals surface area contributed by atoms with Crippen molar-refractivity contribution < 1.29 is 28.5 Å². The fraction of sp³-hybridized carbons (Fsp3) is 0.848. The molecule has 0 aromatic rings. The summed E-state index contributed by atoms with van der Waals surface area (Å²) >= 11 is 0. The van der Waals surface area contributed by atoms with Crippen LogP contribution in [0.15, 0.2) is 29.8 Å². The summed E-state index contributed by atoms with van der Waals surface area (Å²) in [5, 5.41) is 0. The van der Waals surface area contributed by atoms with E-state index in [0.717, 1.165) is 110 Å². The summed E-state index contributed by atoms with van der Waals surface area (Å²) < 4.78 is 24.3. The van der Waals surface area contributed by atoms with Crippen molar-refractivity contribution in [2.75, 3.05) is 39.5 Å². The van der Waals surface area contributed by atoms with Crippen LogP contribution in [0.4, 0.5) is 0 Å². The monoisotopic (exact) mass is 744 g/mol. The highest BCUT2D eigenvalue weighted by atomic mass is 16.7. The van der Waals surface area contributed by atoms with Gasteiger partial charge in [-0.3, -0.25) is 9.59 Å². The van der Waals surface area contributed by atoms with Crippen LogP contribution in [0.1, 0.15) is 189 Å². The number of likely N-dealkylation sites (N-methyl/N-ethyl adjacent to an activating group) is 1. The lowest BCUT2D eigenvalue weighted by Crippen LogP contribution is -2.36. The fourth-order valence-electron chi connectivity index (χ4n) is 7.22. The Hall–Kier alpha value is -2.10. The van der Waals surface area contributed by atoms with Crippen molar-refractivity contribution in [3.8, 4) is 0 Å². The van der Waals surface area contributed by atoms with E-state index in [2.05, 4.69) is 63.3 Å². The first-order valence-electron chi connectivity index (χ1n) is 22.0. The summed E-state index contributed by atoms with van der Waals surface area (Å²) in [5.74, 6) is -0.0509. The highest BCUT2D eigenvalue weighted by molar-refractivity contribution is 5.70. The van der Waals surface area contributed by atoms with Crippen molar-refractivity contribution in [3.05, 3.63) is 29.8 Å². The van der Waals surface area contributed by atoms with Crippen LogP contribution in [0.5, 0.6) is 0 Å². The van der Waals surface area contributed by atoms with Crippen LogP contribution in [-0.4, -0.2) is 68.2 Å². The third-order valence-corrected chi connectivity index (χ3v) is 10.6. The van der Waals surface area contributed by atoms with Gasteiger partial charge < -0.3 is 23.8 Å². The zero-order chi connectivity index (χ0) is 38.8. The second-order valence-electron chi connectivity index (χ2n) is 15.5. The quantitative estimate of drug-likeness (QED) is 0.0363. The van der Waals surface area contributed by atoms with Gasteiger partial charge in [0.05, 0.1) is 32.3 Å². The third-order valence-electron chi connectivity index (χ3n) is 10.6. The first kappa shape index (κ1) is 48.9. The van der Waals surface area contributed by atoms with E-state index in [1.54, 1.807) is 0 Å². The molecule has 0 bridgehead atoms. The lowest BCUT2D eigenvalue weighted by Gasteiger charge is -2.29. The van der Waals surface area contributed by atoms with Gasteiger partial charge >= 0.3 is 11.9 Å². The Morgan fingerprint density at radius 1 is 0.755 bits per heavy atom. The molecule has 4 atom stereocenters. The van der Waals surface area contributed by atoms with E-state index in [4.69, 9.17) is 18.9 Å². The predicted molar refractivity (Wildman–Crippen MR) is 219 cm³/mol. The Bertz CT molecular complexity index is 1040. The molecule has 0 aromatic heterocycles. The number of nitrogens with zero attached hydrogens (tertiary/aromatic N) is 1. The van der Waals surface area contributed by atoms with Crippen molar-refractivity contribution in [3.63, 3.8) is 0 Å². The molecule has 1 aliphatic rings. The van der Waals surface area contributed by atoms with Gasteiger partial charge in [-0.1, -0.05) is 142 Å². The molecule has 0 N–H and O–H groups in total. The summed E-state index contributed by atoms with van der Waals surface area (Å²) in [4.78, 5) is 27.0. The SMILES string of the molecule is C=C=C=C=CC(CCCCC)CC(=O)OCCCCCCCCC1(CCCCCCCCOC(=O)CC(C)CCCCC)OCC(CN(CC)CC)O1. The minimum atomic E-state index is -0.449. The highest BCUT2D eigenvalue weighted by Crippen LogP contribution is 2.35. The van der Waals surface area contributed by atoms with Gasteiger partial charge in [0, 0.05) is 25.8 Å². The molecule has 0 aliphatic carbocycles. The molecule has 0 radical (unpaired) electrons. The molecule has 0 aromatic carbocycles. The van der Waals surface area contributed by atoms with Gasteiger partial charge in [0.25, 0.3) is 0 Å². The Labute approximate surface area is 326 Å². The first-order valence-corrected chi connectivity index (χ1v) is 22.0. The number of ether oxygens (including phenoxy) is 4. The number of allylic oxidation sites excluding steroid dienone is 1. The molecule has 306 valence electrons. The molecule has 7 heteroatoms. The molecule has 53 heavy (non-hydrogen) atoms. The van der Waals surface area contributed by atoms with Crippen molar-refractivity contribution in [1.29, 1.82) is 0 Å². The molecular formula is C46H81NO6. The maximum atomic E-state index is 12.4. The normalized spacial score (nSPS) is 17.9. The van der Waals surface area contributed by atoms with Crippen LogP contribution < -0.4 is 0 Å². The topological polar surface area (TPSA) is 74.3 Å². The van der Waals surface area contributed by atoms with Crippen molar-refractivity contribution in [2.45, 2.75) is 201 Å². The van der Waals surface area contributed by atoms with Crippen molar-refractivity contribution in [1.82, 2.24) is 4.90 Å².